The fraction of sp³-hybridized carbons (Fsp3) is 0. The third-order valence-corrected chi connectivity index (χ3v) is 10.4. The highest BCUT2D eigenvalue weighted by atomic mass is 16.3. The minimum Gasteiger partial charge on any atom is -0.456 e. The Hall–Kier alpha value is -7.37. The van der Waals surface area contributed by atoms with Crippen molar-refractivity contribution in [1.29, 1.82) is 0 Å². The molecule has 0 aliphatic rings. The summed E-state index contributed by atoms with van der Waals surface area (Å²) in [4.78, 5) is 15.3. The predicted molar refractivity (Wildman–Crippen MR) is 219 cm³/mol. The summed E-state index contributed by atoms with van der Waals surface area (Å²) >= 11 is 0. The van der Waals surface area contributed by atoms with Crippen molar-refractivity contribution < 1.29 is 8.83 Å². The number of fused-ring (bicyclic) bond motifs is 8. The van der Waals surface area contributed by atoms with Gasteiger partial charge in [-0.05, 0) is 63.4 Å². The molecule has 0 unspecified atom stereocenters. The summed E-state index contributed by atoms with van der Waals surface area (Å²) in [7, 11) is 0. The van der Waals surface area contributed by atoms with Crippen molar-refractivity contribution >= 4 is 54.6 Å². The molecule has 0 radical (unpaired) electrons. The third kappa shape index (κ3) is 4.98. The summed E-state index contributed by atoms with van der Waals surface area (Å²) < 4.78 is 12.4. The summed E-state index contributed by atoms with van der Waals surface area (Å²) in [6.07, 6.45) is 0. The fourth-order valence-corrected chi connectivity index (χ4v) is 7.70. The molecule has 0 bridgehead atoms. The first-order valence-corrected chi connectivity index (χ1v) is 18.0. The topological polar surface area (TPSA) is 65.0 Å². The first-order valence-electron chi connectivity index (χ1n) is 18.0. The molecule has 0 amide bonds. The van der Waals surface area contributed by atoms with Crippen molar-refractivity contribution in [3.05, 3.63) is 176 Å². The van der Waals surface area contributed by atoms with E-state index < -0.39 is 0 Å². The molecule has 8 aromatic carbocycles. The lowest BCUT2D eigenvalue weighted by Gasteiger charge is -2.11. The third-order valence-electron chi connectivity index (χ3n) is 10.4. The molecule has 3 heterocycles. The highest BCUT2D eigenvalue weighted by molar-refractivity contribution is 6.19. The van der Waals surface area contributed by atoms with Gasteiger partial charge in [0.25, 0.3) is 0 Å². The van der Waals surface area contributed by atoms with Gasteiger partial charge < -0.3 is 8.83 Å². The molecule has 0 fully saturated rings. The molecule has 11 rings (SSSR count). The lowest BCUT2D eigenvalue weighted by atomic mass is 9.98. The highest BCUT2D eigenvalue weighted by Crippen LogP contribution is 2.38. The van der Waals surface area contributed by atoms with Gasteiger partial charge in [-0.3, -0.25) is 0 Å². The Morgan fingerprint density at radius 2 is 0.796 bits per heavy atom. The summed E-state index contributed by atoms with van der Waals surface area (Å²) in [5.74, 6) is 1.80. The Kier molecular flexibility index (Phi) is 6.79. The second kappa shape index (κ2) is 12.1. The second-order valence-corrected chi connectivity index (χ2v) is 13.6. The van der Waals surface area contributed by atoms with E-state index in [0.717, 1.165) is 82.8 Å². The minimum atomic E-state index is 0.593. The van der Waals surface area contributed by atoms with Crippen molar-refractivity contribution in [3.63, 3.8) is 0 Å². The molecular formula is C49H29N3O2. The lowest BCUT2D eigenvalue weighted by molar-refractivity contribution is 0.668. The van der Waals surface area contributed by atoms with Gasteiger partial charge in [0.05, 0.1) is 0 Å². The molecule has 5 nitrogen and oxygen atoms in total. The van der Waals surface area contributed by atoms with E-state index in [4.69, 9.17) is 23.8 Å². The molecule has 0 saturated carbocycles. The van der Waals surface area contributed by atoms with E-state index in [1.165, 1.54) is 10.8 Å². The molecule has 0 saturated heterocycles. The smallest absolute Gasteiger partial charge is 0.164 e. The maximum atomic E-state index is 6.24. The molecular weight excluding hydrogens is 663 g/mol. The highest BCUT2D eigenvalue weighted by Gasteiger charge is 2.18. The van der Waals surface area contributed by atoms with Gasteiger partial charge in [0.2, 0.25) is 0 Å². The first-order chi connectivity index (χ1) is 26.7. The van der Waals surface area contributed by atoms with Crippen LogP contribution in [-0.2, 0) is 0 Å². The fourth-order valence-electron chi connectivity index (χ4n) is 7.70. The van der Waals surface area contributed by atoms with Gasteiger partial charge in [0, 0.05) is 38.2 Å². The summed E-state index contributed by atoms with van der Waals surface area (Å²) in [5, 5.41) is 6.65. The Morgan fingerprint density at radius 1 is 0.296 bits per heavy atom. The standard InChI is InChI=1S/C49H29N3O2/c1-2-9-30(10-3-1)31-17-21-33(22-18-31)47-50-48(52-49(51-47)40-13-8-16-43-46(40)39-12-5-7-15-42(39)53-43)34-23-19-32(20-24-34)35-25-27-37-36(29-35)26-28-44-45(37)38-11-4-6-14-41(38)54-44/h1-29H. The molecule has 3 aromatic heterocycles. The number of hydrogen-bond donors (Lipinski definition) is 0. The lowest BCUT2D eigenvalue weighted by Crippen LogP contribution is -2.00. The normalized spacial score (nSPS) is 11.7. The average Bonchev–Trinajstić information content (AvgIpc) is 3.83. The number of nitrogens with zero attached hydrogens (tertiary/aromatic N) is 3. The Morgan fingerprint density at radius 3 is 1.48 bits per heavy atom. The van der Waals surface area contributed by atoms with Crippen LogP contribution >= 0.6 is 0 Å². The van der Waals surface area contributed by atoms with Gasteiger partial charge in [-0.1, -0.05) is 146 Å². The van der Waals surface area contributed by atoms with Crippen molar-refractivity contribution in [2.75, 3.05) is 0 Å². The molecule has 252 valence electrons. The van der Waals surface area contributed by atoms with Crippen molar-refractivity contribution in [2.24, 2.45) is 0 Å². The minimum absolute atomic E-state index is 0.593. The van der Waals surface area contributed by atoms with Crippen LogP contribution in [0.25, 0.3) is 111 Å². The van der Waals surface area contributed by atoms with Crippen LogP contribution in [0, 0.1) is 0 Å². The monoisotopic (exact) mass is 691 g/mol. The quantitative estimate of drug-likeness (QED) is 0.180. The van der Waals surface area contributed by atoms with Crippen LogP contribution in [-0.4, -0.2) is 15.0 Å². The molecule has 54 heavy (non-hydrogen) atoms. The number of hydrogen-bond acceptors (Lipinski definition) is 5. The van der Waals surface area contributed by atoms with E-state index in [2.05, 4.69) is 127 Å². The molecule has 0 spiro atoms. The molecule has 0 atom stereocenters. The Balaban J connectivity index is 1.02. The molecule has 0 aliphatic carbocycles. The number of para-hydroxylation sites is 2. The van der Waals surface area contributed by atoms with Gasteiger partial charge in [-0.15, -0.1) is 0 Å². The molecule has 0 N–H and O–H groups in total. The number of aromatic nitrogens is 3. The van der Waals surface area contributed by atoms with Crippen LogP contribution in [0.3, 0.4) is 0 Å². The van der Waals surface area contributed by atoms with Crippen LogP contribution in [0.1, 0.15) is 0 Å². The SMILES string of the molecule is c1ccc(-c2ccc(-c3nc(-c4ccc(-c5ccc6c(ccc7oc8ccccc8c76)c5)cc4)nc(-c4cccc5oc6ccccc6c45)n3)cc2)cc1. The number of rotatable bonds is 5. The van der Waals surface area contributed by atoms with E-state index in [1.807, 2.05) is 48.5 Å². The van der Waals surface area contributed by atoms with Gasteiger partial charge in [-0.25, -0.2) is 15.0 Å². The molecule has 5 heteroatoms. The number of benzene rings is 8. The van der Waals surface area contributed by atoms with E-state index in [0.29, 0.717) is 17.5 Å². The maximum Gasteiger partial charge on any atom is 0.164 e. The van der Waals surface area contributed by atoms with E-state index in [1.54, 1.807) is 0 Å². The summed E-state index contributed by atoms with van der Waals surface area (Å²) in [5.41, 5.74) is 10.7. The molecule has 0 aliphatic heterocycles. The van der Waals surface area contributed by atoms with Crippen molar-refractivity contribution in [3.8, 4) is 56.4 Å². The maximum absolute atomic E-state index is 6.24. The Labute approximate surface area is 309 Å². The Bertz CT molecular complexity index is 3200. The zero-order valence-corrected chi connectivity index (χ0v) is 28.9. The van der Waals surface area contributed by atoms with Crippen LogP contribution in [0.15, 0.2) is 185 Å². The first kappa shape index (κ1) is 30.3. The van der Waals surface area contributed by atoms with Crippen LogP contribution in [0.4, 0.5) is 0 Å². The second-order valence-electron chi connectivity index (χ2n) is 13.6. The van der Waals surface area contributed by atoms with Crippen molar-refractivity contribution in [2.45, 2.75) is 0 Å². The zero-order valence-electron chi connectivity index (χ0n) is 28.9. The summed E-state index contributed by atoms with van der Waals surface area (Å²) in [6, 6.07) is 60.5. The van der Waals surface area contributed by atoms with Crippen molar-refractivity contribution in [1.82, 2.24) is 15.0 Å². The summed E-state index contributed by atoms with van der Waals surface area (Å²) in [6.45, 7) is 0. The zero-order chi connectivity index (χ0) is 35.6. The largest absolute Gasteiger partial charge is 0.456 e. The van der Waals surface area contributed by atoms with E-state index >= 15 is 0 Å². The van der Waals surface area contributed by atoms with Gasteiger partial charge in [0.15, 0.2) is 17.5 Å². The van der Waals surface area contributed by atoms with E-state index in [-0.39, 0.29) is 0 Å². The van der Waals surface area contributed by atoms with Crippen LogP contribution in [0.5, 0.6) is 0 Å². The van der Waals surface area contributed by atoms with Gasteiger partial charge >= 0.3 is 0 Å². The van der Waals surface area contributed by atoms with E-state index in [9.17, 15) is 0 Å². The molecule has 11 aromatic rings. The average molecular weight is 692 g/mol. The van der Waals surface area contributed by atoms with Crippen LogP contribution < -0.4 is 0 Å². The predicted octanol–water partition coefficient (Wildman–Crippen LogP) is 13.2. The van der Waals surface area contributed by atoms with Gasteiger partial charge in [0.1, 0.15) is 22.3 Å². The van der Waals surface area contributed by atoms with Gasteiger partial charge in [-0.2, -0.15) is 0 Å². The number of furan rings is 2. The van der Waals surface area contributed by atoms with Crippen LogP contribution in [0.2, 0.25) is 0 Å².